The molecule has 0 rings (SSSR count). The van der Waals surface area contributed by atoms with Gasteiger partial charge in [-0.2, -0.15) is 5.26 Å². The molecule has 0 spiro atoms. The highest BCUT2D eigenvalue weighted by Gasteiger charge is 2.41. The summed E-state index contributed by atoms with van der Waals surface area (Å²) in [5, 5.41) is 8.49. The van der Waals surface area contributed by atoms with Crippen LogP contribution in [0.5, 0.6) is 0 Å². The Labute approximate surface area is 184 Å². The third kappa shape index (κ3) is 15.5. The Balaban J connectivity index is 4.89. The lowest BCUT2D eigenvalue weighted by molar-refractivity contribution is 0.268. The van der Waals surface area contributed by atoms with Gasteiger partial charge in [-0.1, -0.05) is 12.8 Å². The molecule has 0 heterocycles. The summed E-state index contributed by atoms with van der Waals surface area (Å²) in [6.07, 6.45) is 9.38. The van der Waals surface area contributed by atoms with Crippen molar-refractivity contribution >= 4 is 37.4 Å². The molecule has 0 N–H and O–H groups in total. The quantitative estimate of drug-likeness (QED) is 0.0948. The fourth-order valence-electron chi connectivity index (χ4n) is 3.66. The Morgan fingerprint density at radius 2 is 1.37 bits per heavy atom. The molecule has 0 saturated carbocycles. The van der Waals surface area contributed by atoms with Crippen molar-refractivity contribution in [2.45, 2.75) is 83.0 Å². The molecule has 1 unspecified atom stereocenters. The third-order valence-corrected chi connectivity index (χ3v) is 17.2. The minimum atomic E-state index is -2.35. The van der Waals surface area contributed by atoms with Gasteiger partial charge in [0.15, 0.2) is 16.6 Å². The Bertz CT molecular complexity index is 629. The molecule has 0 aromatic heterocycles. The highest BCUT2D eigenvalue weighted by molar-refractivity contribution is 6.88. The fraction of sp³-hybridized carbons (Fsp3) is 0.842. The van der Waals surface area contributed by atoms with Crippen LogP contribution in [0, 0.1) is 11.5 Å². The second kappa shape index (κ2) is 15.4. The topological polar surface area (TPSA) is 110 Å². The van der Waals surface area contributed by atoms with Gasteiger partial charge in [-0.05, 0) is 70.1 Å². The van der Waals surface area contributed by atoms with Crippen molar-refractivity contribution in [1.29, 1.82) is 5.26 Å². The second-order valence-corrected chi connectivity index (χ2v) is 21.1. The van der Waals surface area contributed by atoms with Crippen LogP contribution in [0.3, 0.4) is 0 Å². The van der Waals surface area contributed by atoms with Gasteiger partial charge in [0.2, 0.25) is 12.2 Å². The van der Waals surface area contributed by atoms with Gasteiger partial charge >= 0.3 is 8.56 Å². The van der Waals surface area contributed by atoms with Gasteiger partial charge in [-0.15, -0.1) is 0 Å². The van der Waals surface area contributed by atoms with Gasteiger partial charge in [0.25, 0.3) is 6.26 Å². The molecule has 0 aromatic rings. The summed E-state index contributed by atoms with van der Waals surface area (Å²) < 4.78 is 18.2. The van der Waals surface area contributed by atoms with Crippen LogP contribution in [0.25, 0.3) is 0 Å². The molecular weight excluding hydrogens is 434 g/mol. The minimum Gasteiger partial charge on any atom is -0.437 e. The summed E-state index contributed by atoms with van der Waals surface area (Å²) in [6.45, 7) is 12.3. The van der Waals surface area contributed by atoms with Crippen molar-refractivity contribution in [2.24, 2.45) is 9.98 Å². The predicted octanol–water partition coefficient (Wildman–Crippen LogP) is 4.62. The fourth-order valence-corrected chi connectivity index (χ4v) is 18.6. The number of rotatable bonds is 18. The molecule has 30 heavy (non-hydrogen) atoms. The van der Waals surface area contributed by atoms with E-state index in [1.165, 1.54) is 0 Å². The first kappa shape index (κ1) is 28.6. The molecule has 0 fully saturated rings. The highest BCUT2D eigenvalue weighted by Crippen LogP contribution is 2.30. The lowest BCUT2D eigenvalue weighted by Gasteiger charge is -2.40. The van der Waals surface area contributed by atoms with Gasteiger partial charge in [0.1, 0.15) is 6.61 Å². The molecule has 0 amide bonds. The van der Waals surface area contributed by atoms with E-state index in [4.69, 9.17) is 18.2 Å². The Morgan fingerprint density at radius 3 is 1.97 bits per heavy atom. The van der Waals surface area contributed by atoms with Gasteiger partial charge in [0.05, 0.1) is 13.1 Å². The van der Waals surface area contributed by atoms with Gasteiger partial charge < -0.3 is 13.0 Å². The number of isocyanates is 2. The number of hydrogen-bond acceptors (Lipinski definition) is 8. The normalized spacial score (nSPS) is 13.5. The summed E-state index contributed by atoms with van der Waals surface area (Å²) >= 11 is 0. The van der Waals surface area contributed by atoms with E-state index in [-0.39, 0.29) is 0 Å². The highest BCUT2D eigenvalue weighted by atomic mass is 28.5. The van der Waals surface area contributed by atoms with E-state index in [2.05, 4.69) is 42.7 Å². The van der Waals surface area contributed by atoms with Gasteiger partial charge in [-0.25, -0.2) is 19.6 Å². The number of unbranched alkanes of at least 4 members (excludes halogenated alkanes) is 2. The monoisotopic (exact) mass is 471 g/mol. The van der Waals surface area contributed by atoms with Crippen LogP contribution in [0.2, 0.25) is 50.9 Å². The van der Waals surface area contributed by atoms with Crippen LogP contribution in [0.4, 0.5) is 0 Å². The molecule has 1 atom stereocenters. The lowest BCUT2D eigenvalue weighted by Crippen LogP contribution is -2.53. The summed E-state index contributed by atoms with van der Waals surface area (Å²) in [6, 6.07) is 2.83. The van der Waals surface area contributed by atoms with E-state index < -0.39 is 25.2 Å². The first-order valence-corrected chi connectivity index (χ1v) is 19.3. The van der Waals surface area contributed by atoms with E-state index in [0.717, 1.165) is 50.2 Å². The molecule has 0 saturated heterocycles. The molecule has 11 heteroatoms. The maximum Gasteiger partial charge on any atom is 0.311 e. The number of aliphatic imine (C=N–C) groups is 2. The zero-order valence-corrected chi connectivity index (χ0v) is 22.2. The number of nitrogens with zero attached hydrogens (tertiary/aromatic N) is 3. The molecule has 8 nitrogen and oxygen atoms in total. The first-order chi connectivity index (χ1) is 14.1. The minimum absolute atomic E-state index is 0.428. The molecule has 0 bridgehead atoms. The number of ether oxygens (including phenoxy) is 1. The maximum absolute atomic E-state index is 10.4. The van der Waals surface area contributed by atoms with Crippen LogP contribution in [0.15, 0.2) is 9.98 Å². The Hall–Kier alpha value is -1.38. The van der Waals surface area contributed by atoms with Gasteiger partial charge in [0, 0.05) is 0 Å². The third-order valence-electron chi connectivity index (χ3n) is 4.68. The molecule has 0 radical (unpaired) electrons. The Morgan fingerprint density at radius 1 is 0.767 bits per heavy atom. The van der Waals surface area contributed by atoms with Crippen LogP contribution < -0.4 is 0 Å². The molecule has 0 aliphatic rings. The maximum atomic E-state index is 10.4. The van der Waals surface area contributed by atoms with Crippen molar-refractivity contribution in [1.82, 2.24) is 0 Å². The summed E-state index contributed by atoms with van der Waals surface area (Å²) in [4.78, 5) is 27.8. The van der Waals surface area contributed by atoms with E-state index in [1.54, 1.807) is 18.4 Å². The molecule has 0 aliphatic heterocycles. The van der Waals surface area contributed by atoms with Crippen molar-refractivity contribution < 1.29 is 22.6 Å². The van der Waals surface area contributed by atoms with E-state index in [1.807, 2.05) is 0 Å². The van der Waals surface area contributed by atoms with E-state index in [9.17, 15) is 9.59 Å². The van der Waals surface area contributed by atoms with Crippen LogP contribution in [-0.2, 0) is 22.6 Å². The summed E-state index contributed by atoms with van der Waals surface area (Å²) in [5.74, 6) is 0. The van der Waals surface area contributed by atoms with Crippen molar-refractivity contribution in [3.8, 4) is 6.26 Å². The first-order valence-electron chi connectivity index (χ1n) is 10.6. The lowest BCUT2D eigenvalue weighted by atomic mass is 10.2. The molecular formula is C19H37N3O5Si3. The van der Waals surface area contributed by atoms with Crippen molar-refractivity contribution in [2.75, 3.05) is 19.7 Å². The largest absolute Gasteiger partial charge is 0.437 e. The number of carbonyl (C=O) groups excluding carboxylic acids is 2. The average Bonchev–Trinajstić information content (AvgIpc) is 2.64. The van der Waals surface area contributed by atoms with Gasteiger partial charge in [-0.3, -0.25) is 0 Å². The predicted molar refractivity (Wildman–Crippen MR) is 124 cm³/mol. The van der Waals surface area contributed by atoms with E-state index >= 15 is 0 Å². The van der Waals surface area contributed by atoms with Crippen LogP contribution >= 0.6 is 0 Å². The number of nitriles is 1. The zero-order chi connectivity index (χ0) is 22.9. The summed E-state index contributed by atoms with van der Waals surface area (Å²) in [5.41, 5.74) is 0. The number of hydrogen-bond donors (Lipinski definition) is 0. The standard InChI is InChI=1S/C19H37N3O5Si3/c1-28(2,14-10-13-25-17-20)26-29(3,4)27-30(5,16-9-12-22-19-24)15-8-6-7-11-21-18-23/h6-16H2,1-5H3. The second-order valence-electron chi connectivity index (χ2n) is 8.72. The Kier molecular flexibility index (Phi) is 14.7. The van der Waals surface area contributed by atoms with Crippen LogP contribution in [0.1, 0.15) is 32.1 Å². The zero-order valence-electron chi connectivity index (χ0n) is 19.2. The van der Waals surface area contributed by atoms with Crippen LogP contribution in [-0.4, -0.2) is 57.1 Å². The average molecular weight is 472 g/mol. The smallest absolute Gasteiger partial charge is 0.311 e. The van der Waals surface area contributed by atoms with E-state index in [0.29, 0.717) is 19.7 Å². The SMILES string of the molecule is C[Si](C)(CCCOC#N)O[Si](C)(C)O[Si](C)(CCCCCN=C=O)CCCN=C=O. The summed E-state index contributed by atoms with van der Waals surface area (Å²) in [7, 11) is -6.34. The molecule has 0 aromatic carbocycles. The molecule has 170 valence electrons. The molecule has 0 aliphatic carbocycles. The van der Waals surface area contributed by atoms with Crippen molar-refractivity contribution in [3.05, 3.63) is 0 Å². The van der Waals surface area contributed by atoms with Crippen molar-refractivity contribution in [3.63, 3.8) is 0 Å².